The molecule has 2 heterocycles. The minimum absolute atomic E-state index is 0.125. The summed E-state index contributed by atoms with van der Waals surface area (Å²) in [7, 11) is 2.20. The van der Waals surface area contributed by atoms with E-state index in [1.54, 1.807) is 0 Å². The summed E-state index contributed by atoms with van der Waals surface area (Å²) in [5.41, 5.74) is 12.7. The second-order valence-corrected chi connectivity index (χ2v) is 15.8. The third-order valence-corrected chi connectivity index (χ3v) is 11.9. The molecular formula is C47H46ClN2+. The Labute approximate surface area is 302 Å². The quantitative estimate of drug-likeness (QED) is 0.168. The maximum atomic E-state index is 7.31. The molecule has 0 atom stereocenters. The van der Waals surface area contributed by atoms with Gasteiger partial charge in [0, 0.05) is 46.1 Å². The highest BCUT2D eigenvalue weighted by atomic mass is 35.5. The van der Waals surface area contributed by atoms with E-state index in [1.807, 2.05) is 0 Å². The van der Waals surface area contributed by atoms with Gasteiger partial charge in [0.25, 0.3) is 0 Å². The van der Waals surface area contributed by atoms with Gasteiger partial charge in [-0.2, -0.15) is 4.58 Å². The zero-order valence-electron chi connectivity index (χ0n) is 30.1. The molecule has 0 amide bonds. The first kappa shape index (κ1) is 32.5. The second kappa shape index (κ2) is 12.3. The van der Waals surface area contributed by atoms with Crippen molar-refractivity contribution in [1.29, 1.82) is 0 Å². The van der Waals surface area contributed by atoms with E-state index in [0.29, 0.717) is 0 Å². The molecule has 2 nitrogen and oxygen atoms in total. The Morgan fingerprint density at radius 2 is 1.38 bits per heavy atom. The van der Waals surface area contributed by atoms with E-state index in [0.717, 1.165) is 30.8 Å². The molecule has 0 fully saturated rings. The van der Waals surface area contributed by atoms with Gasteiger partial charge in [0.2, 0.25) is 5.69 Å². The third-order valence-electron chi connectivity index (χ3n) is 11.5. The number of allylic oxidation sites excluding steroid dienone is 8. The first-order valence-corrected chi connectivity index (χ1v) is 18.4. The van der Waals surface area contributed by atoms with E-state index in [-0.39, 0.29) is 10.8 Å². The Bertz CT molecular complexity index is 2340. The van der Waals surface area contributed by atoms with Crippen molar-refractivity contribution < 1.29 is 4.58 Å². The van der Waals surface area contributed by atoms with Crippen LogP contribution in [-0.2, 0) is 17.4 Å². The topological polar surface area (TPSA) is 6.25 Å². The lowest BCUT2D eigenvalue weighted by atomic mass is 9.79. The van der Waals surface area contributed by atoms with Crippen molar-refractivity contribution in [3.05, 3.63) is 165 Å². The lowest BCUT2D eigenvalue weighted by Gasteiger charge is -2.27. The highest BCUT2D eigenvalue weighted by Crippen LogP contribution is 2.51. The summed E-state index contributed by atoms with van der Waals surface area (Å²) in [6, 6.07) is 35.6. The van der Waals surface area contributed by atoms with E-state index in [4.69, 9.17) is 11.6 Å². The lowest BCUT2D eigenvalue weighted by molar-refractivity contribution is -0.401. The van der Waals surface area contributed by atoms with Gasteiger partial charge in [-0.05, 0) is 102 Å². The van der Waals surface area contributed by atoms with Gasteiger partial charge in [0.05, 0.1) is 5.41 Å². The van der Waals surface area contributed by atoms with Gasteiger partial charge in [0.15, 0.2) is 5.71 Å². The molecular weight excluding hydrogens is 628 g/mol. The highest BCUT2D eigenvalue weighted by Gasteiger charge is 2.44. The van der Waals surface area contributed by atoms with Crippen LogP contribution in [0.4, 0.5) is 11.4 Å². The van der Waals surface area contributed by atoms with E-state index in [9.17, 15) is 0 Å². The number of rotatable bonds is 5. The standard InChI is InChI=1S/C47H46ClN2/c1-31-18-20-32(21-19-31)30-50-40-27-23-34-13-8-10-17-38(34)44(40)47(4,5)42(50)29-25-36-15-11-14-35(45(36)48)24-28-41-46(2,3)43-37-16-9-7-12-33(37)22-26-39(43)49(41)6/h7-10,12-13,16-29H,11,14-15,30H2,1-6H3/q+1. The zero-order valence-corrected chi connectivity index (χ0v) is 30.9. The first-order chi connectivity index (χ1) is 24.1. The summed E-state index contributed by atoms with van der Waals surface area (Å²) >= 11 is 7.31. The van der Waals surface area contributed by atoms with Crippen molar-refractivity contribution >= 4 is 50.2 Å². The number of halogens is 1. The summed E-state index contributed by atoms with van der Waals surface area (Å²) in [5.74, 6) is 0. The van der Waals surface area contributed by atoms with E-state index < -0.39 is 0 Å². The molecule has 0 aromatic heterocycles. The molecule has 3 aliphatic rings. The van der Waals surface area contributed by atoms with Crippen LogP contribution in [0.25, 0.3) is 21.5 Å². The number of benzene rings is 5. The van der Waals surface area contributed by atoms with Gasteiger partial charge in [-0.15, -0.1) is 0 Å². The maximum absolute atomic E-state index is 7.31. The Morgan fingerprint density at radius 1 is 0.720 bits per heavy atom. The number of aryl methyl sites for hydroxylation is 1. The molecule has 0 saturated heterocycles. The van der Waals surface area contributed by atoms with Gasteiger partial charge in [0.1, 0.15) is 7.05 Å². The predicted molar refractivity (Wildman–Crippen MR) is 214 cm³/mol. The smallest absolute Gasteiger partial charge is 0.210 e. The van der Waals surface area contributed by atoms with Crippen LogP contribution in [-0.4, -0.2) is 17.3 Å². The van der Waals surface area contributed by atoms with Crippen molar-refractivity contribution in [1.82, 2.24) is 0 Å². The van der Waals surface area contributed by atoms with Crippen LogP contribution in [0.3, 0.4) is 0 Å². The van der Waals surface area contributed by atoms with Crippen molar-refractivity contribution in [3.8, 4) is 0 Å². The average Bonchev–Trinajstić information content (AvgIpc) is 3.45. The van der Waals surface area contributed by atoms with Gasteiger partial charge in [-0.25, -0.2) is 0 Å². The highest BCUT2D eigenvalue weighted by molar-refractivity contribution is 6.32. The molecule has 0 radical (unpaired) electrons. The summed E-state index contributed by atoms with van der Waals surface area (Å²) in [6.07, 6.45) is 12.3. The van der Waals surface area contributed by atoms with Crippen LogP contribution >= 0.6 is 11.6 Å². The van der Waals surface area contributed by atoms with Crippen molar-refractivity contribution in [2.45, 2.75) is 71.3 Å². The number of hydrogen-bond acceptors (Lipinski definition) is 1. The largest absolute Gasteiger partial charge is 0.340 e. The lowest BCUT2D eigenvalue weighted by Crippen LogP contribution is -2.27. The van der Waals surface area contributed by atoms with Crippen LogP contribution in [0.2, 0.25) is 0 Å². The fourth-order valence-electron chi connectivity index (χ4n) is 8.84. The average molecular weight is 674 g/mol. The van der Waals surface area contributed by atoms with Gasteiger partial charge in [-0.1, -0.05) is 122 Å². The molecule has 50 heavy (non-hydrogen) atoms. The van der Waals surface area contributed by atoms with Crippen molar-refractivity contribution in [3.63, 3.8) is 0 Å². The second-order valence-electron chi connectivity index (χ2n) is 15.4. The molecule has 250 valence electrons. The zero-order chi connectivity index (χ0) is 34.8. The molecule has 0 unspecified atom stereocenters. The molecule has 5 aromatic carbocycles. The molecule has 0 saturated carbocycles. The first-order valence-electron chi connectivity index (χ1n) is 18.0. The minimum atomic E-state index is -0.181. The number of anilines is 1. The van der Waals surface area contributed by atoms with Crippen LogP contribution in [0.15, 0.2) is 143 Å². The molecule has 8 rings (SSSR count). The van der Waals surface area contributed by atoms with Gasteiger partial charge in [-0.3, -0.25) is 0 Å². The molecule has 3 heteroatoms. The summed E-state index contributed by atoms with van der Waals surface area (Å²) < 4.78 is 2.36. The Balaban J connectivity index is 1.16. The normalized spacial score (nSPS) is 19.9. The van der Waals surface area contributed by atoms with Gasteiger partial charge >= 0.3 is 0 Å². The molecule has 0 bridgehead atoms. The van der Waals surface area contributed by atoms with Crippen LogP contribution in [0, 0.1) is 6.92 Å². The maximum Gasteiger partial charge on any atom is 0.210 e. The van der Waals surface area contributed by atoms with E-state index in [2.05, 4.69) is 173 Å². The molecule has 5 aromatic rings. The number of nitrogens with zero attached hydrogens (tertiary/aromatic N) is 2. The third kappa shape index (κ3) is 5.28. The fourth-order valence-corrected chi connectivity index (χ4v) is 9.16. The Hall–Kier alpha value is -4.66. The number of fused-ring (bicyclic) bond motifs is 6. The number of hydrogen-bond donors (Lipinski definition) is 0. The van der Waals surface area contributed by atoms with E-state index in [1.165, 1.54) is 77.7 Å². The van der Waals surface area contributed by atoms with E-state index >= 15 is 0 Å². The van der Waals surface area contributed by atoms with Crippen LogP contribution in [0.5, 0.6) is 0 Å². The Kier molecular flexibility index (Phi) is 7.99. The van der Waals surface area contributed by atoms with Crippen LogP contribution in [0.1, 0.15) is 69.2 Å². The molecule has 2 aliphatic heterocycles. The fraction of sp³-hybridized carbons (Fsp3) is 0.255. The predicted octanol–water partition coefficient (Wildman–Crippen LogP) is 12.3. The van der Waals surface area contributed by atoms with Gasteiger partial charge < -0.3 is 4.90 Å². The van der Waals surface area contributed by atoms with Crippen molar-refractivity contribution in [2.24, 2.45) is 0 Å². The van der Waals surface area contributed by atoms with Crippen molar-refractivity contribution in [2.75, 3.05) is 11.9 Å². The Morgan fingerprint density at radius 3 is 2.10 bits per heavy atom. The monoisotopic (exact) mass is 673 g/mol. The van der Waals surface area contributed by atoms with Crippen LogP contribution < -0.4 is 4.90 Å². The summed E-state index contributed by atoms with van der Waals surface area (Å²) in [4.78, 5) is 2.53. The molecule has 1 aliphatic carbocycles. The SMILES string of the molecule is Cc1ccc(CN2/C(=C/C=C3CCCC(/C=C/C4=[N+](C)c5ccc6ccccc6c5C4(C)C)=C3Cl)C(C)(C)c3c2ccc2ccccc32)cc1. The molecule has 0 N–H and O–H groups in total. The summed E-state index contributed by atoms with van der Waals surface area (Å²) in [6.45, 7) is 12.4. The summed E-state index contributed by atoms with van der Waals surface area (Å²) in [5, 5.41) is 6.14. The minimum Gasteiger partial charge on any atom is -0.340 e. The molecule has 0 spiro atoms.